The highest BCUT2D eigenvalue weighted by atomic mass is 79.9. The summed E-state index contributed by atoms with van der Waals surface area (Å²) >= 11 is 3.13. The lowest BCUT2D eigenvalue weighted by molar-refractivity contribution is 0.282. The number of sulfone groups is 1. The van der Waals surface area contributed by atoms with Gasteiger partial charge in [-0.25, -0.2) is 27.2 Å². The molecule has 0 spiro atoms. The summed E-state index contributed by atoms with van der Waals surface area (Å²) in [7, 11) is -3.60. The van der Waals surface area contributed by atoms with Crippen LogP contribution in [0.3, 0.4) is 0 Å². The Labute approximate surface area is 178 Å². The molecule has 0 bridgehead atoms. The summed E-state index contributed by atoms with van der Waals surface area (Å²) < 4.78 is 56.7. The molecule has 0 saturated carbocycles. The van der Waals surface area contributed by atoms with Gasteiger partial charge in [-0.1, -0.05) is 0 Å². The molecular weight excluding hydrogens is 486 g/mol. The Morgan fingerprint density at radius 1 is 1.20 bits per heavy atom. The zero-order valence-electron chi connectivity index (χ0n) is 15.8. The van der Waals surface area contributed by atoms with Crippen molar-refractivity contribution in [1.29, 1.82) is 0 Å². The molecule has 3 rings (SSSR count). The van der Waals surface area contributed by atoms with Gasteiger partial charge in [0.1, 0.15) is 28.5 Å². The minimum absolute atomic E-state index is 0.00647. The first-order valence-corrected chi connectivity index (χ1v) is 11.1. The van der Waals surface area contributed by atoms with Crippen LogP contribution in [0.1, 0.15) is 17.1 Å². The number of hydrogen-bond donors (Lipinski definition) is 0. The lowest BCUT2D eigenvalue weighted by Crippen LogP contribution is -2.26. The molecule has 0 radical (unpaired) electrons. The predicted octanol–water partition coefficient (Wildman–Crippen LogP) is 2.41. The second-order valence-corrected chi connectivity index (χ2v) is 9.00. The van der Waals surface area contributed by atoms with E-state index < -0.39 is 27.0 Å². The Morgan fingerprint density at radius 2 is 1.93 bits per heavy atom. The highest BCUT2D eigenvalue weighted by Gasteiger charge is 2.17. The Balaban J connectivity index is 1.87. The summed E-state index contributed by atoms with van der Waals surface area (Å²) in [6, 6.07) is 4.55. The van der Waals surface area contributed by atoms with E-state index in [1.807, 2.05) is 0 Å². The summed E-state index contributed by atoms with van der Waals surface area (Å²) in [5.41, 5.74) is -0.107. The van der Waals surface area contributed by atoms with Gasteiger partial charge in [0.25, 0.3) is 5.56 Å². The summed E-state index contributed by atoms with van der Waals surface area (Å²) in [4.78, 5) is 24.6. The Morgan fingerprint density at radius 3 is 2.60 bits per heavy atom. The molecule has 0 unspecified atom stereocenters. The first kappa shape index (κ1) is 22.0. The molecule has 0 saturated heterocycles. The van der Waals surface area contributed by atoms with Crippen LogP contribution in [0.5, 0.6) is 5.88 Å². The smallest absolute Gasteiger partial charge is 0.272 e. The minimum atomic E-state index is -3.60. The van der Waals surface area contributed by atoms with Gasteiger partial charge in [-0.3, -0.25) is 9.36 Å². The van der Waals surface area contributed by atoms with Crippen molar-refractivity contribution in [1.82, 2.24) is 19.5 Å². The topological polar surface area (TPSA) is 104 Å². The van der Waals surface area contributed by atoms with Gasteiger partial charge in [0.05, 0.1) is 12.2 Å². The molecule has 0 aliphatic rings. The SMILES string of the molecule is Cc1nc(OCc2ccc(F)cc2F)c(Br)c(=O)n1Cc1ccnc(S(C)(=O)=O)n1. The van der Waals surface area contributed by atoms with Crippen molar-refractivity contribution in [3.05, 3.63) is 74.0 Å². The van der Waals surface area contributed by atoms with Crippen molar-refractivity contribution >= 4 is 25.8 Å². The van der Waals surface area contributed by atoms with Crippen LogP contribution >= 0.6 is 15.9 Å². The number of nitrogens with zero attached hydrogens (tertiary/aromatic N) is 4. The van der Waals surface area contributed by atoms with Gasteiger partial charge >= 0.3 is 0 Å². The van der Waals surface area contributed by atoms with Crippen molar-refractivity contribution in [2.24, 2.45) is 0 Å². The zero-order valence-corrected chi connectivity index (χ0v) is 18.2. The summed E-state index contributed by atoms with van der Waals surface area (Å²) in [6.45, 7) is 1.25. The van der Waals surface area contributed by atoms with Crippen molar-refractivity contribution in [2.75, 3.05) is 6.26 Å². The Hall–Kier alpha value is -2.73. The van der Waals surface area contributed by atoms with Crippen LogP contribution in [0.15, 0.2) is 44.9 Å². The van der Waals surface area contributed by atoms with Crippen molar-refractivity contribution in [3.63, 3.8) is 0 Å². The van der Waals surface area contributed by atoms with Gasteiger partial charge in [0, 0.05) is 24.1 Å². The van der Waals surface area contributed by atoms with Crippen molar-refractivity contribution in [2.45, 2.75) is 25.2 Å². The predicted molar refractivity (Wildman–Crippen MR) is 106 cm³/mol. The van der Waals surface area contributed by atoms with Crippen LogP contribution in [-0.4, -0.2) is 34.2 Å². The van der Waals surface area contributed by atoms with E-state index in [1.54, 1.807) is 6.92 Å². The number of rotatable bonds is 6. The van der Waals surface area contributed by atoms with Gasteiger partial charge in [-0.2, -0.15) is 4.98 Å². The Bertz CT molecular complexity index is 1280. The molecule has 0 fully saturated rings. The maximum Gasteiger partial charge on any atom is 0.272 e. The third kappa shape index (κ3) is 4.87. The van der Waals surface area contributed by atoms with E-state index in [0.717, 1.165) is 18.4 Å². The highest BCUT2D eigenvalue weighted by molar-refractivity contribution is 9.10. The fourth-order valence-electron chi connectivity index (χ4n) is 2.48. The summed E-state index contributed by atoms with van der Waals surface area (Å²) in [5, 5.41) is -0.348. The molecule has 0 atom stereocenters. The maximum absolute atomic E-state index is 13.8. The van der Waals surface area contributed by atoms with E-state index in [0.29, 0.717) is 5.69 Å². The number of aryl methyl sites for hydroxylation is 1. The van der Waals surface area contributed by atoms with E-state index in [-0.39, 0.29) is 40.0 Å². The molecule has 12 heteroatoms. The monoisotopic (exact) mass is 500 g/mol. The average molecular weight is 501 g/mol. The van der Waals surface area contributed by atoms with Crippen LogP contribution in [0.25, 0.3) is 0 Å². The fourth-order valence-corrected chi connectivity index (χ4v) is 3.44. The standard InChI is InChI=1S/C18H15BrF2N4O4S/c1-10-23-16(29-9-11-3-4-12(20)7-14(11)21)15(19)17(26)25(10)8-13-5-6-22-18(24-13)30(2,27)28/h3-7H,8-9H2,1-2H3. The van der Waals surface area contributed by atoms with E-state index in [2.05, 4.69) is 30.9 Å². The first-order valence-electron chi connectivity index (χ1n) is 8.42. The third-order valence-corrected chi connectivity index (χ3v) is 5.54. The number of ether oxygens (including phenoxy) is 1. The van der Waals surface area contributed by atoms with Gasteiger partial charge in [0.15, 0.2) is 0 Å². The molecule has 0 N–H and O–H groups in total. The van der Waals surface area contributed by atoms with E-state index in [4.69, 9.17) is 4.74 Å². The molecule has 30 heavy (non-hydrogen) atoms. The maximum atomic E-state index is 13.8. The molecule has 158 valence electrons. The molecule has 2 aromatic heterocycles. The quantitative estimate of drug-likeness (QED) is 0.478. The molecular formula is C18H15BrF2N4O4S. The van der Waals surface area contributed by atoms with Gasteiger partial charge < -0.3 is 4.74 Å². The van der Waals surface area contributed by atoms with E-state index in [1.165, 1.54) is 22.9 Å². The van der Waals surface area contributed by atoms with Crippen LogP contribution in [0.2, 0.25) is 0 Å². The number of benzene rings is 1. The molecule has 0 amide bonds. The molecule has 0 aliphatic heterocycles. The second-order valence-electron chi connectivity index (χ2n) is 6.30. The van der Waals surface area contributed by atoms with Gasteiger partial charge in [-0.05, 0) is 41.1 Å². The first-order chi connectivity index (χ1) is 14.1. The minimum Gasteiger partial charge on any atom is -0.472 e. The molecule has 3 aromatic rings. The van der Waals surface area contributed by atoms with E-state index in [9.17, 15) is 22.0 Å². The lowest BCUT2D eigenvalue weighted by Gasteiger charge is -2.13. The van der Waals surface area contributed by atoms with Crippen molar-refractivity contribution in [3.8, 4) is 5.88 Å². The molecule has 0 aliphatic carbocycles. The third-order valence-electron chi connectivity index (χ3n) is 4.00. The summed E-state index contributed by atoms with van der Waals surface area (Å²) in [5.74, 6) is -1.28. The highest BCUT2D eigenvalue weighted by Crippen LogP contribution is 2.21. The molecule has 1 aromatic carbocycles. The second kappa shape index (κ2) is 8.56. The fraction of sp³-hybridized carbons (Fsp3) is 0.222. The summed E-state index contributed by atoms with van der Waals surface area (Å²) in [6.07, 6.45) is 2.27. The normalized spacial score (nSPS) is 11.5. The van der Waals surface area contributed by atoms with Gasteiger partial charge in [-0.15, -0.1) is 0 Å². The largest absolute Gasteiger partial charge is 0.472 e. The Kier molecular flexibility index (Phi) is 6.27. The van der Waals surface area contributed by atoms with Crippen LogP contribution < -0.4 is 10.3 Å². The zero-order chi connectivity index (χ0) is 22.1. The molecule has 2 heterocycles. The lowest BCUT2D eigenvalue weighted by atomic mass is 10.2. The van der Waals surface area contributed by atoms with E-state index >= 15 is 0 Å². The van der Waals surface area contributed by atoms with Crippen LogP contribution in [-0.2, 0) is 23.0 Å². The number of hydrogen-bond acceptors (Lipinski definition) is 7. The van der Waals surface area contributed by atoms with Crippen LogP contribution in [0, 0.1) is 18.6 Å². The van der Waals surface area contributed by atoms with Gasteiger partial charge in [0.2, 0.25) is 20.9 Å². The average Bonchev–Trinajstić information content (AvgIpc) is 2.67. The number of halogens is 3. The van der Waals surface area contributed by atoms with Crippen molar-refractivity contribution < 1.29 is 21.9 Å². The molecule has 8 nitrogen and oxygen atoms in total. The number of aromatic nitrogens is 4. The van der Waals surface area contributed by atoms with Crippen LogP contribution in [0.4, 0.5) is 8.78 Å².